The first-order chi connectivity index (χ1) is 8.74. The van der Waals surface area contributed by atoms with Gasteiger partial charge in [0.2, 0.25) is 0 Å². The third-order valence-electron chi connectivity index (χ3n) is 2.47. The highest BCUT2D eigenvalue weighted by Gasteiger charge is 2.09. The molecule has 0 bridgehead atoms. The summed E-state index contributed by atoms with van der Waals surface area (Å²) in [5, 5.41) is 4.06. The van der Waals surface area contributed by atoms with Crippen LogP contribution in [0.3, 0.4) is 0 Å². The van der Waals surface area contributed by atoms with Crippen LogP contribution in [0.25, 0.3) is 10.2 Å². The molecule has 0 aliphatic heterocycles. The molecule has 96 valence electrons. The van der Waals surface area contributed by atoms with E-state index in [9.17, 15) is 4.79 Å². The van der Waals surface area contributed by atoms with Gasteiger partial charge in [-0.05, 0) is 31.2 Å². The van der Waals surface area contributed by atoms with E-state index in [1.54, 1.807) is 12.1 Å². The van der Waals surface area contributed by atoms with Crippen molar-refractivity contribution < 1.29 is 9.53 Å². The number of nitrogens with zero attached hydrogens (tertiary/aromatic N) is 1. The predicted octanol–water partition coefficient (Wildman–Crippen LogP) is 1.84. The number of carbonyl (C=O) groups excluding carboxylic acids is 1. The van der Waals surface area contributed by atoms with E-state index in [1.807, 2.05) is 6.07 Å². The molecule has 1 aromatic heterocycles. The summed E-state index contributed by atoms with van der Waals surface area (Å²) in [6, 6.07) is 5.34. The van der Waals surface area contributed by atoms with E-state index in [0.717, 1.165) is 28.3 Å². The molecule has 0 aliphatic rings. The zero-order valence-corrected chi connectivity index (χ0v) is 10.9. The van der Waals surface area contributed by atoms with Crippen molar-refractivity contribution in [2.45, 2.75) is 6.42 Å². The summed E-state index contributed by atoms with van der Waals surface area (Å²) in [5.41, 5.74) is 6.85. The highest BCUT2D eigenvalue weighted by atomic mass is 32.1. The number of anilines is 1. The van der Waals surface area contributed by atoms with Crippen molar-refractivity contribution in [2.75, 3.05) is 25.5 Å². The lowest BCUT2D eigenvalue weighted by Crippen LogP contribution is -2.07. The van der Waals surface area contributed by atoms with Crippen LogP contribution >= 0.6 is 11.3 Å². The van der Waals surface area contributed by atoms with Gasteiger partial charge in [-0.25, -0.2) is 9.78 Å². The van der Waals surface area contributed by atoms with Gasteiger partial charge in [0.15, 0.2) is 5.13 Å². The molecule has 2 aromatic rings. The second-order valence-electron chi connectivity index (χ2n) is 3.76. The molecule has 0 spiro atoms. The predicted molar refractivity (Wildman–Crippen MR) is 73.1 cm³/mol. The lowest BCUT2D eigenvalue weighted by molar-refractivity contribution is 0.0601. The Morgan fingerprint density at radius 3 is 3.11 bits per heavy atom. The molecule has 3 N–H and O–H groups in total. The van der Waals surface area contributed by atoms with Crippen molar-refractivity contribution in [1.82, 2.24) is 4.98 Å². The molecule has 0 aliphatic carbocycles. The van der Waals surface area contributed by atoms with Gasteiger partial charge in [-0.1, -0.05) is 11.3 Å². The number of aromatic nitrogens is 1. The lowest BCUT2D eigenvalue weighted by atomic mass is 10.2. The van der Waals surface area contributed by atoms with E-state index in [4.69, 9.17) is 5.73 Å². The molecular formula is C12H15N3O2S. The van der Waals surface area contributed by atoms with Crippen molar-refractivity contribution in [3.05, 3.63) is 23.8 Å². The first kappa shape index (κ1) is 12.8. The summed E-state index contributed by atoms with van der Waals surface area (Å²) in [6.07, 6.45) is 0.906. The van der Waals surface area contributed by atoms with Gasteiger partial charge in [-0.2, -0.15) is 0 Å². The average Bonchev–Trinajstić information content (AvgIpc) is 2.79. The number of nitrogens with one attached hydrogen (secondary N) is 1. The van der Waals surface area contributed by atoms with E-state index in [2.05, 4.69) is 15.0 Å². The number of nitrogens with two attached hydrogens (primary N) is 1. The molecule has 0 saturated heterocycles. The van der Waals surface area contributed by atoms with Gasteiger partial charge in [0.25, 0.3) is 0 Å². The number of hydrogen-bond acceptors (Lipinski definition) is 6. The molecule has 2 rings (SSSR count). The fourth-order valence-electron chi connectivity index (χ4n) is 1.54. The second-order valence-corrected chi connectivity index (χ2v) is 4.79. The number of benzene rings is 1. The van der Waals surface area contributed by atoms with Gasteiger partial charge < -0.3 is 15.8 Å². The SMILES string of the molecule is COC(=O)c1ccc2nc(NCCCN)sc2c1. The summed E-state index contributed by atoms with van der Waals surface area (Å²) >= 11 is 1.52. The Bertz CT molecular complexity index is 553. The smallest absolute Gasteiger partial charge is 0.337 e. The minimum atomic E-state index is -0.331. The molecule has 0 fully saturated rings. The Morgan fingerprint density at radius 2 is 2.39 bits per heavy atom. The lowest BCUT2D eigenvalue weighted by Gasteiger charge is -1.98. The van der Waals surface area contributed by atoms with Crippen molar-refractivity contribution >= 4 is 32.7 Å². The third kappa shape index (κ3) is 2.77. The standard InChI is InChI=1S/C12H15N3O2S/c1-17-11(16)8-3-4-9-10(7-8)18-12(15-9)14-6-2-5-13/h3-4,7H,2,5-6,13H2,1H3,(H,14,15). The maximum Gasteiger partial charge on any atom is 0.337 e. The van der Waals surface area contributed by atoms with E-state index in [0.29, 0.717) is 12.1 Å². The van der Waals surface area contributed by atoms with Gasteiger partial charge in [-0.15, -0.1) is 0 Å². The van der Waals surface area contributed by atoms with E-state index >= 15 is 0 Å². The average molecular weight is 265 g/mol. The highest BCUT2D eigenvalue weighted by molar-refractivity contribution is 7.22. The van der Waals surface area contributed by atoms with Crippen LogP contribution < -0.4 is 11.1 Å². The Morgan fingerprint density at radius 1 is 1.56 bits per heavy atom. The van der Waals surface area contributed by atoms with Crippen molar-refractivity contribution in [2.24, 2.45) is 5.73 Å². The Hall–Kier alpha value is -1.66. The van der Waals surface area contributed by atoms with Gasteiger partial charge >= 0.3 is 5.97 Å². The summed E-state index contributed by atoms with van der Waals surface area (Å²) < 4.78 is 5.65. The maximum atomic E-state index is 11.4. The fourth-order valence-corrected chi connectivity index (χ4v) is 2.47. The first-order valence-electron chi connectivity index (χ1n) is 5.67. The monoisotopic (exact) mass is 265 g/mol. The van der Waals surface area contributed by atoms with Gasteiger partial charge in [0, 0.05) is 6.54 Å². The van der Waals surface area contributed by atoms with Crippen molar-refractivity contribution in [1.29, 1.82) is 0 Å². The van der Waals surface area contributed by atoms with Crippen LogP contribution in [-0.4, -0.2) is 31.2 Å². The highest BCUT2D eigenvalue weighted by Crippen LogP contribution is 2.26. The summed E-state index contributed by atoms with van der Waals surface area (Å²) in [6.45, 7) is 1.46. The number of ether oxygens (including phenoxy) is 1. The third-order valence-corrected chi connectivity index (χ3v) is 3.44. The number of methoxy groups -OCH3 is 1. The first-order valence-corrected chi connectivity index (χ1v) is 6.49. The number of carbonyl (C=O) groups is 1. The van der Waals surface area contributed by atoms with Crippen molar-refractivity contribution in [3.63, 3.8) is 0 Å². The summed E-state index contributed by atoms with van der Waals surface area (Å²) in [7, 11) is 1.37. The molecule has 0 unspecified atom stereocenters. The number of esters is 1. The van der Waals surface area contributed by atoms with Crippen LogP contribution in [0.1, 0.15) is 16.8 Å². The minimum absolute atomic E-state index is 0.331. The number of fused-ring (bicyclic) bond motifs is 1. The summed E-state index contributed by atoms with van der Waals surface area (Å²) in [4.78, 5) is 15.8. The largest absolute Gasteiger partial charge is 0.465 e. The number of thiazole rings is 1. The van der Waals surface area contributed by atoms with Crippen LogP contribution in [0.4, 0.5) is 5.13 Å². The normalized spacial score (nSPS) is 10.6. The van der Waals surface area contributed by atoms with Crippen LogP contribution in [-0.2, 0) is 4.74 Å². The maximum absolute atomic E-state index is 11.4. The van der Waals surface area contributed by atoms with E-state index < -0.39 is 0 Å². The minimum Gasteiger partial charge on any atom is -0.465 e. The molecule has 0 radical (unpaired) electrons. The van der Waals surface area contributed by atoms with Crippen molar-refractivity contribution in [3.8, 4) is 0 Å². The molecule has 1 aromatic carbocycles. The molecule has 0 amide bonds. The quantitative estimate of drug-likeness (QED) is 0.637. The molecule has 5 nitrogen and oxygen atoms in total. The Labute approximate surface area is 109 Å². The molecule has 0 atom stereocenters. The van der Waals surface area contributed by atoms with Crippen LogP contribution in [0.2, 0.25) is 0 Å². The molecular weight excluding hydrogens is 250 g/mol. The van der Waals surface area contributed by atoms with Gasteiger partial charge in [0.1, 0.15) is 0 Å². The molecule has 18 heavy (non-hydrogen) atoms. The fraction of sp³-hybridized carbons (Fsp3) is 0.333. The zero-order chi connectivity index (χ0) is 13.0. The van der Waals surface area contributed by atoms with E-state index in [1.165, 1.54) is 18.4 Å². The second kappa shape index (κ2) is 5.79. The van der Waals surface area contributed by atoms with Gasteiger partial charge in [-0.3, -0.25) is 0 Å². The molecule has 6 heteroatoms. The Kier molecular flexibility index (Phi) is 4.11. The Balaban J connectivity index is 2.20. The summed E-state index contributed by atoms with van der Waals surface area (Å²) in [5.74, 6) is -0.331. The van der Waals surface area contributed by atoms with Crippen LogP contribution in [0.15, 0.2) is 18.2 Å². The van der Waals surface area contributed by atoms with Crippen LogP contribution in [0, 0.1) is 0 Å². The number of hydrogen-bond donors (Lipinski definition) is 2. The molecule has 1 heterocycles. The molecule has 0 saturated carbocycles. The van der Waals surface area contributed by atoms with E-state index in [-0.39, 0.29) is 5.97 Å². The zero-order valence-electron chi connectivity index (χ0n) is 10.1. The topological polar surface area (TPSA) is 77.2 Å². The number of rotatable bonds is 5. The van der Waals surface area contributed by atoms with Crippen LogP contribution in [0.5, 0.6) is 0 Å². The van der Waals surface area contributed by atoms with Gasteiger partial charge in [0.05, 0.1) is 22.9 Å².